The van der Waals surface area contributed by atoms with Gasteiger partial charge in [-0.15, -0.1) is 0 Å². The molecule has 2 aromatic heterocycles. The molecule has 8 nitrogen and oxygen atoms in total. The normalized spacial score (nSPS) is 18.7. The SMILES string of the molecule is Cc1[nH]nc2ncc(C(=O)N3CCN(C(=O)NC4CCCCC4)CC3)cc12. The summed E-state index contributed by atoms with van der Waals surface area (Å²) in [6.07, 6.45) is 7.39. The fraction of sp³-hybridized carbons (Fsp3) is 0.579. The molecule has 0 radical (unpaired) electrons. The van der Waals surface area contributed by atoms with Crippen molar-refractivity contribution in [3.8, 4) is 0 Å². The molecule has 27 heavy (non-hydrogen) atoms. The fourth-order valence-electron chi connectivity index (χ4n) is 3.94. The summed E-state index contributed by atoms with van der Waals surface area (Å²) in [5.74, 6) is -0.0441. The van der Waals surface area contributed by atoms with Gasteiger partial charge in [-0.1, -0.05) is 19.3 Å². The summed E-state index contributed by atoms with van der Waals surface area (Å²) in [5.41, 5.74) is 2.08. The highest BCUT2D eigenvalue weighted by atomic mass is 16.2. The predicted octanol–water partition coefficient (Wildman–Crippen LogP) is 2.07. The minimum atomic E-state index is -0.0441. The molecule has 1 saturated heterocycles. The number of pyridine rings is 1. The van der Waals surface area contributed by atoms with E-state index in [1.54, 1.807) is 11.1 Å². The van der Waals surface area contributed by atoms with Crippen LogP contribution >= 0.6 is 0 Å². The van der Waals surface area contributed by atoms with Crippen LogP contribution in [0.4, 0.5) is 4.79 Å². The Hall–Kier alpha value is -2.64. The van der Waals surface area contributed by atoms with Crippen LogP contribution in [0.15, 0.2) is 12.3 Å². The number of hydrogen-bond acceptors (Lipinski definition) is 4. The van der Waals surface area contributed by atoms with Crippen LogP contribution in [-0.2, 0) is 0 Å². The summed E-state index contributed by atoms with van der Waals surface area (Å²) in [6.45, 7) is 4.11. The second-order valence-corrected chi connectivity index (χ2v) is 7.51. The van der Waals surface area contributed by atoms with E-state index in [-0.39, 0.29) is 11.9 Å². The highest BCUT2D eigenvalue weighted by Gasteiger charge is 2.26. The van der Waals surface area contributed by atoms with Crippen molar-refractivity contribution in [1.82, 2.24) is 30.3 Å². The number of fused-ring (bicyclic) bond motifs is 1. The Kier molecular flexibility index (Phi) is 4.96. The molecule has 3 heterocycles. The van der Waals surface area contributed by atoms with Gasteiger partial charge >= 0.3 is 6.03 Å². The first-order chi connectivity index (χ1) is 13.1. The van der Waals surface area contributed by atoms with Gasteiger partial charge in [0.05, 0.1) is 5.56 Å². The van der Waals surface area contributed by atoms with Gasteiger partial charge in [-0.25, -0.2) is 9.78 Å². The van der Waals surface area contributed by atoms with E-state index >= 15 is 0 Å². The maximum Gasteiger partial charge on any atom is 0.317 e. The average Bonchev–Trinajstić information content (AvgIpc) is 3.08. The standard InChI is InChI=1S/C19H26N6O2/c1-13-16-11-14(12-20-17(16)23-22-13)18(26)24-7-9-25(10-8-24)19(27)21-15-5-3-2-4-6-15/h11-12,15H,2-10H2,1H3,(H,21,27)(H,20,22,23). The second kappa shape index (κ2) is 7.54. The smallest absolute Gasteiger partial charge is 0.317 e. The number of carbonyl (C=O) groups is 2. The van der Waals surface area contributed by atoms with Crippen molar-refractivity contribution < 1.29 is 9.59 Å². The molecule has 0 bridgehead atoms. The Labute approximate surface area is 158 Å². The zero-order chi connectivity index (χ0) is 18.8. The summed E-state index contributed by atoms with van der Waals surface area (Å²) in [6, 6.07) is 2.15. The molecular formula is C19H26N6O2. The van der Waals surface area contributed by atoms with Gasteiger partial charge in [0, 0.05) is 49.5 Å². The average molecular weight is 370 g/mol. The minimum absolute atomic E-state index is 0.00565. The zero-order valence-corrected chi connectivity index (χ0v) is 15.7. The number of aryl methyl sites for hydroxylation is 1. The number of nitrogens with one attached hydrogen (secondary N) is 2. The molecule has 2 aromatic rings. The molecule has 3 amide bonds. The molecule has 1 saturated carbocycles. The number of nitrogens with zero attached hydrogens (tertiary/aromatic N) is 4. The highest BCUT2D eigenvalue weighted by Crippen LogP contribution is 2.19. The molecule has 0 atom stereocenters. The monoisotopic (exact) mass is 370 g/mol. The number of piperazine rings is 1. The summed E-state index contributed by atoms with van der Waals surface area (Å²) in [7, 11) is 0. The molecule has 2 aliphatic rings. The van der Waals surface area contributed by atoms with Gasteiger partial charge in [-0.05, 0) is 25.8 Å². The van der Waals surface area contributed by atoms with E-state index in [0.717, 1.165) is 23.9 Å². The fourth-order valence-corrected chi connectivity index (χ4v) is 3.94. The topological polar surface area (TPSA) is 94.2 Å². The number of rotatable bonds is 2. The molecule has 144 valence electrons. The van der Waals surface area contributed by atoms with Gasteiger partial charge in [-0.3, -0.25) is 9.89 Å². The van der Waals surface area contributed by atoms with Crippen molar-refractivity contribution in [3.63, 3.8) is 0 Å². The van der Waals surface area contributed by atoms with Crippen molar-refractivity contribution in [2.45, 2.75) is 45.1 Å². The van der Waals surface area contributed by atoms with E-state index < -0.39 is 0 Å². The molecule has 2 fully saturated rings. The van der Waals surface area contributed by atoms with Gasteiger partial charge < -0.3 is 15.1 Å². The first-order valence-corrected chi connectivity index (χ1v) is 9.77. The number of H-pyrrole nitrogens is 1. The van der Waals surface area contributed by atoms with Crippen LogP contribution in [0.5, 0.6) is 0 Å². The Balaban J connectivity index is 1.34. The lowest BCUT2D eigenvalue weighted by molar-refractivity contribution is 0.0662. The number of aromatic nitrogens is 3. The van der Waals surface area contributed by atoms with Crippen molar-refractivity contribution in [3.05, 3.63) is 23.5 Å². The number of amides is 3. The van der Waals surface area contributed by atoms with Crippen LogP contribution in [0.25, 0.3) is 11.0 Å². The van der Waals surface area contributed by atoms with Crippen molar-refractivity contribution in [1.29, 1.82) is 0 Å². The van der Waals surface area contributed by atoms with Gasteiger partial charge in [-0.2, -0.15) is 5.10 Å². The lowest BCUT2D eigenvalue weighted by Gasteiger charge is -2.36. The maximum absolute atomic E-state index is 12.8. The molecule has 1 aliphatic carbocycles. The van der Waals surface area contributed by atoms with Crippen LogP contribution < -0.4 is 5.32 Å². The van der Waals surface area contributed by atoms with Crippen molar-refractivity contribution in [2.75, 3.05) is 26.2 Å². The molecule has 2 N–H and O–H groups in total. The van der Waals surface area contributed by atoms with Crippen molar-refractivity contribution >= 4 is 23.0 Å². The molecule has 0 spiro atoms. The number of urea groups is 1. The first kappa shape index (κ1) is 17.8. The van der Waals surface area contributed by atoms with Crippen LogP contribution in [0.1, 0.15) is 48.2 Å². The summed E-state index contributed by atoms with van der Waals surface area (Å²) in [5, 5.41) is 11.0. The number of aromatic amines is 1. The van der Waals surface area contributed by atoms with E-state index in [9.17, 15) is 9.59 Å². The summed E-state index contributed by atoms with van der Waals surface area (Å²) >= 11 is 0. The van der Waals surface area contributed by atoms with E-state index in [1.807, 2.05) is 17.9 Å². The molecule has 8 heteroatoms. The van der Waals surface area contributed by atoms with Gasteiger partial charge in [0.1, 0.15) is 0 Å². The van der Waals surface area contributed by atoms with Gasteiger partial charge in [0.15, 0.2) is 5.65 Å². The maximum atomic E-state index is 12.8. The lowest BCUT2D eigenvalue weighted by Crippen LogP contribution is -2.54. The van der Waals surface area contributed by atoms with E-state index in [4.69, 9.17) is 0 Å². The Bertz CT molecular complexity index is 834. The van der Waals surface area contributed by atoms with E-state index in [1.165, 1.54) is 19.3 Å². The molecule has 0 unspecified atom stereocenters. The molecular weight excluding hydrogens is 344 g/mol. The van der Waals surface area contributed by atoms with Gasteiger partial charge in [0.25, 0.3) is 5.91 Å². The predicted molar refractivity (Wildman–Crippen MR) is 102 cm³/mol. The largest absolute Gasteiger partial charge is 0.335 e. The third-order valence-electron chi connectivity index (χ3n) is 5.63. The van der Waals surface area contributed by atoms with Crippen LogP contribution in [0, 0.1) is 6.92 Å². The molecule has 1 aliphatic heterocycles. The third kappa shape index (κ3) is 3.74. The van der Waals surface area contributed by atoms with Crippen LogP contribution in [0.2, 0.25) is 0 Å². The number of hydrogen-bond donors (Lipinski definition) is 2. The lowest BCUT2D eigenvalue weighted by atomic mass is 9.96. The minimum Gasteiger partial charge on any atom is -0.335 e. The zero-order valence-electron chi connectivity index (χ0n) is 15.7. The summed E-state index contributed by atoms with van der Waals surface area (Å²) < 4.78 is 0. The molecule has 4 rings (SSSR count). The van der Waals surface area contributed by atoms with E-state index in [2.05, 4.69) is 20.5 Å². The third-order valence-corrected chi connectivity index (χ3v) is 5.63. The van der Waals surface area contributed by atoms with Gasteiger partial charge in [0.2, 0.25) is 0 Å². The summed E-state index contributed by atoms with van der Waals surface area (Å²) in [4.78, 5) is 33.1. The van der Waals surface area contributed by atoms with Crippen LogP contribution in [0.3, 0.4) is 0 Å². The Morgan fingerprint density at radius 1 is 1.11 bits per heavy atom. The Morgan fingerprint density at radius 3 is 2.56 bits per heavy atom. The quantitative estimate of drug-likeness (QED) is 0.846. The Morgan fingerprint density at radius 2 is 1.81 bits per heavy atom. The van der Waals surface area contributed by atoms with Crippen molar-refractivity contribution in [2.24, 2.45) is 0 Å². The highest BCUT2D eigenvalue weighted by molar-refractivity contribution is 5.97. The second-order valence-electron chi connectivity index (χ2n) is 7.51. The van der Waals surface area contributed by atoms with E-state index in [0.29, 0.717) is 43.4 Å². The van der Waals surface area contributed by atoms with Crippen LogP contribution in [-0.4, -0.2) is 69.1 Å². The first-order valence-electron chi connectivity index (χ1n) is 9.77. The number of carbonyl (C=O) groups excluding carboxylic acids is 2. The molecule has 0 aromatic carbocycles.